The average Bonchev–Trinajstić information content (AvgIpc) is 2.73. The molecule has 0 bridgehead atoms. The second-order valence-electron chi connectivity index (χ2n) is 7.07. The van der Waals surface area contributed by atoms with Crippen LogP contribution in [0, 0.1) is 5.92 Å². The van der Waals surface area contributed by atoms with Crippen LogP contribution in [0.25, 0.3) is 0 Å². The highest BCUT2D eigenvalue weighted by Gasteiger charge is 2.22. The molecule has 3 rings (SSSR count). The molecule has 29 heavy (non-hydrogen) atoms. The second-order valence-corrected chi connectivity index (χ2v) is 7.07. The summed E-state index contributed by atoms with van der Waals surface area (Å²) in [5.74, 6) is 1.61. The van der Waals surface area contributed by atoms with E-state index in [1.165, 1.54) is 5.56 Å². The Labute approximate surface area is 189 Å². The summed E-state index contributed by atoms with van der Waals surface area (Å²) in [6, 6.07) is 17.9. The molecule has 156 valence electrons. The molecule has 2 aromatic carbocycles. The Kier molecular flexibility index (Phi) is 9.24. The van der Waals surface area contributed by atoms with Gasteiger partial charge in [0, 0.05) is 24.8 Å². The summed E-state index contributed by atoms with van der Waals surface area (Å²) in [4.78, 5) is 18.5. The highest BCUT2D eigenvalue weighted by Crippen LogP contribution is 2.21. The summed E-state index contributed by atoms with van der Waals surface area (Å²) >= 11 is 0. The minimum absolute atomic E-state index is 0. The van der Waals surface area contributed by atoms with Gasteiger partial charge in [0.15, 0.2) is 5.96 Å². The number of nitrogens with one attached hydrogen (secondary N) is 1. The SMILES string of the molecule is COc1cccc(NC(N)=NCC(=O)N2CCC(Cc3ccccc3)CC2)c1.I. The van der Waals surface area contributed by atoms with Gasteiger partial charge in [0.25, 0.3) is 0 Å². The number of nitrogens with two attached hydrogens (primary N) is 1. The molecule has 0 saturated carbocycles. The van der Waals surface area contributed by atoms with Crippen LogP contribution >= 0.6 is 24.0 Å². The number of benzene rings is 2. The van der Waals surface area contributed by atoms with Crippen LogP contribution in [0.3, 0.4) is 0 Å². The van der Waals surface area contributed by atoms with Crippen LogP contribution < -0.4 is 15.8 Å². The third-order valence-electron chi connectivity index (χ3n) is 5.06. The van der Waals surface area contributed by atoms with Gasteiger partial charge in [0.05, 0.1) is 7.11 Å². The van der Waals surface area contributed by atoms with Crippen molar-refractivity contribution in [3.8, 4) is 5.75 Å². The van der Waals surface area contributed by atoms with Crippen molar-refractivity contribution in [1.29, 1.82) is 0 Å². The zero-order valence-electron chi connectivity index (χ0n) is 16.7. The van der Waals surface area contributed by atoms with Gasteiger partial charge < -0.3 is 20.7 Å². The van der Waals surface area contributed by atoms with E-state index < -0.39 is 0 Å². The summed E-state index contributed by atoms with van der Waals surface area (Å²) in [7, 11) is 1.61. The van der Waals surface area contributed by atoms with E-state index in [9.17, 15) is 4.79 Å². The number of carbonyl (C=O) groups is 1. The maximum absolute atomic E-state index is 12.4. The van der Waals surface area contributed by atoms with Crippen molar-refractivity contribution in [2.24, 2.45) is 16.6 Å². The number of rotatable bonds is 6. The summed E-state index contributed by atoms with van der Waals surface area (Å²) in [6.07, 6.45) is 3.14. The first kappa shape index (κ1) is 23.0. The van der Waals surface area contributed by atoms with E-state index in [1.54, 1.807) is 7.11 Å². The molecule has 0 radical (unpaired) electrons. The third kappa shape index (κ3) is 7.23. The molecule has 0 spiro atoms. The number of methoxy groups -OCH3 is 1. The number of aliphatic imine (C=N–C) groups is 1. The van der Waals surface area contributed by atoms with Gasteiger partial charge in [-0.3, -0.25) is 4.79 Å². The summed E-state index contributed by atoms with van der Waals surface area (Å²) in [5.41, 5.74) is 8.05. The standard InChI is InChI=1S/C22H28N4O2.HI/c1-28-20-9-5-8-19(15-20)25-22(23)24-16-21(27)26-12-10-18(11-13-26)14-17-6-3-2-4-7-17;/h2-9,15,18H,10-14,16H2,1H3,(H3,23,24,25);1H. The molecule has 6 nitrogen and oxygen atoms in total. The number of hydrogen-bond donors (Lipinski definition) is 2. The fourth-order valence-electron chi connectivity index (χ4n) is 3.47. The van der Waals surface area contributed by atoms with Crippen LogP contribution in [0.5, 0.6) is 5.75 Å². The average molecular weight is 508 g/mol. The van der Waals surface area contributed by atoms with Gasteiger partial charge in [-0.05, 0) is 42.9 Å². The lowest BCUT2D eigenvalue weighted by Gasteiger charge is -2.31. The Morgan fingerprint density at radius 2 is 1.90 bits per heavy atom. The topological polar surface area (TPSA) is 80.0 Å². The van der Waals surface area contributed by atoms with Gasteiger partial charge in [0.1, 0.15) is 12.3 Å². The van der Waals surface area contributed by atoms with Gasteiger partial charge >= 0.3 is 0 Å². The molecule has 1 fully saturated rings. The van der Waals surface area contributed by atoms with E-state index in [-0.39, 0.29) is 42.4 Å². The normalized spacial score (nSPS) is 14.8. The lowest BCUT2D eigenvalue weighted by atomic mass is 9.90. The molecule has 2 aromatic rings. The molecular weight excluding hydrogens is 479 g/mol. The monoisotopic (exact) mass is 508 g/mol. The van der Waals surface area contributed by atoms with Gasteiger partial charge in [0.2, 0.25) is 5.91 Å². The number of halogens is 1. The molecule has 0 aliphatic carbocycles. The number of amides is 1. The highest BCUT2D eigenvalue weighted by molar-refractivity contribution is 14.0. The molecule has 0 atom stereocenters. The van der Waals surface area contributed by atoms with Gasteiger partial charge in [-0.15, -0.1) is 24.0 Å². The Morgan fingerprint density at radius 3 is 2.59 bits per heavy atom. The fraction of sp³-hybridized carbons (Fsp3) is 0.364. The van der Waals surface area contributed by atoms with E-state index >= 15 is 0 Å². The Bertz CT molecular complexity index is 805. The maximum atomic E-state index is 12.4. The minimum atomic E-state index is 0. The van der Waals surface area contributed by atoms with E-state index in [2.05, 4.69) is 34.6 Å². The summed E-state index contributed by atoms with van der Waals surface area (Å²) in [5, 5.41) is 2.99. The van der Waals surface area contributed by atoms with E-state index in [0.29, 0.717) is 5.92 Å². The van der Waals surface area contributed by atoms with E-state index in [1.807, 2.05) is 35.2 Å². The number of guanidine groups is 1. The molecule has 1 aliphatic rings. The minimum Gasteiger partial charge on any atom is -0.497 e. The zero-order chi connectivity index (χ0) is 19.8. The van der Waals surface area contributed by atoms with Crippen LogP contribution in [-0.2, 0) is 11.2 Å². The van der Waals surface area contributed by atoms with E-state index in [4.69, 9.17) is 10.5 Å². The van der Waals surface area contributed by atoms with Crippen LogP contribution in [0.15, 0.2) is 59.6 Å². The van der Waals surface area contributed by atoms with Crippen molar-refractivity contribution in [2.45, 2.75) is 19.3 Å². The molecular formula is C22H29IN4O2. The molecule has 1 amide bonds. The van der Waals surface area contributed by atoms with Crippen molar-refractivity contribution in [3.05, 3.63) is 60.2 Å². The molecule has 1 saturated heterocycles. The summed E-state index contributed by atoms with van der Waals surface area (Å²) < 4.78 is 5.18. The highest BCUT2D eigenvalue weighted by atomic mass is 127. The van der Waals surface area contributed by atoms with Crippen molar-refractivity contribution in [2.75, 3.05) is 32.1 Å². The Hall–Kier alpha value is -2.29. The third-order valence-corrected chi connectivity index (χ3v) is 5.06. The molecule has 0 unspecified atom stereocenters. The largest absolute Gasteiger partial charge is 0.497 e. The zero-order valence-corrected chi connectivity index (χ0v) is 19.0. The van der Waals surface area contributed by atoms with Crippen LogP contribution in [0.2, 0.25) is 0 Å². The van der Waals surface area contributed by atoms with Crippen molar-refractivity contribution in [3.63, 3.8) is 0 Å². The number of anilines is 1. The van der Waals surface area contributed by atoms with Crippen LogP contribution in [0.1, 0.15) is 18.4 Å². The smallest absolute Gasteiger partial charge is 0.244 e. The van der Waals surface area contributed by atoms with Crippen molar-refractivity contribution in [1.82, 2.24) is 4.90 Å². The quantitative estimate of drug-likeness (QED) is 0.356. The van der Waals surface area contributed by atoms with Crippen molar-refractivity contribution < 1.29 is 9.53 Å². The second kappa shape index (κ2) is 11.6. The lowest BCUT2D eigenvalue weighted by molar-refractivity contribution is -0.130. The first-order valence-electron chi connectivity index (χ1n) is 9.66. The molecule has 3 N–H and O–H groups in total. The first-order valence-corrected chi connectivity index (χ1v) is 9.66. The van der Waals surface area contributed by atoms with Crippen LogP contribution in [-0.4, -0.2) is 43.5 Å². The summed E-state index contributed by atoms with van der Waals surface area (Å²) in [6.45, 7) is 1.64. The number of ether oxygens (including phenoxy) is 1. The molecule has 7 heteroatoms. The van der Waals surface area contributed by atoms with Gasteiger partial charge in [-0.25, -0.2) is 4.99 Å². The Morgan fingerprint density at radius 1 is 1.17 bits per heavy atom. The fourth-order valence-corrected chi connectivity index (χ4v) is 3.47. The number of likely N-dealkylation sites (tertiary alicyclic amines) is 1. The predicted octanol–water partition coefficient (Wildman–Crippen LogP) is 3.52. The van der Waals surface area contributed by atoms with Gasteiger partial charge in [-0.2, -0.15) is 0 Å². The Balaban J connectivity index is 0.00000300. The number of hydrogen-bond acceptors (Lipinski definition) is 3. The van der Waals surface area contributed by atoms with Gasteiger partial charge in [-0.1, -0.05) is 36.4 Å². The maximum Gasteiger partial charge on any atom is 0.244 e. The van der Waals surface area contributed by atoms with Crippen molar-refractivity contribution >= 4 is 41.5 Å². The van der Waals surface area contributed by atoms with Crippen LogP contribution in [0.4, 0.5) is 5.69 Å². The molecule has 1 heterocycles. The number of carbonyl (C=O) groups excluding carboxylic acids is 1. The molecule has 0 aromatic heterocycles. The van der Waals surface area contributed by atoms with E-state index in [0.717, 1.165) is 43.8 Å². The predicted molar refractivity (Wildman–Crippen MR) is 128 cm³/mol. The molecule has 1 aliphatic heterocycles. The number of piperidine rings is 1. The lowest BCUT2D eigenvalue weighted by Crippen LogP contribution is -2.40. The number of nitrogens with zero attached hydrogens (tertiary/aromatic N) is 2. The first-order chi connectivity index (χ1) is 13.6.